The van der Waals surface area contributed by atoms with Gasteiger partial charge in [-0.15, -0.1) is 11.3 Å². The second-order valence-corrected chi connectivity index (χ2v) is 6.51. The third-order valence-electron chi connectivity index (χ3n) is 4.06. The van der Waals surface area contributed by atoms with E-state index in [0.29, 0.717) is 30.3 Å². The third-order valence-corrected chi connectivity index (χ3v) is 4.82. The van der Waals surface area contributed by atoms with Gasteiger partial charge in [-0.1, -0.05) is 5.16 Å². The molecule has 25 heavy (non-hydrogen) atoms. The Morgan fingerprint density at radius 1 is 1.36 bits per heavy atom. The van der Waals surface area contributed by atoms with Crippen molar-refractivity contribution in [3.8, 4) is 5.75 Å². The van der Waals surface area contributed by atoms with Crippen LogP contribution in [0.4, 0.5) is 10.8 Å². The first-order valence-corrected chi connectivity index (χ1v) is 8.69. The SMILES string of the molecule is COc1ccc(Nc2nc(C(=O)N3CCc4nocc4C3)cs2)cc1. The molecule has 3 aromatic rings. The van der Waals surface area contributed by atoms with E-state index in [2.05, 4.69) is 15.5 Å². The zero-order chi connectivity index (χ0) is 17.2. The molecule has 1 aliphatic rings. The predicted octanol–water partition coefficient (Wildman–Crippen LogP) is 3.08. The van der Waals surface area contributed by atoms with Crippen LogP contribution in [-0.4, -0.2) is 34.6 Å². The number of amides is 1. The summed E-state index contributed by atoms with van der Waals surface area (Å²) in [5.41, 5.74) is 3.23. The van der Waals surface area contributed by atoms with Gasteiger partial charge < -0.3 is 19.5 Å². The van der Waals surface area contributed by atoms with Crippen molar-refractivity contribution < 1.29 is 14.1 Å². The molecule has 2 aromatic heterocycles. The van der Waals surface area contributed by atoms with Crippen LogP contribution in [0.15, 0.2) is 40.4 Å². The van der Waals surface area contributed by atoms with Gasteiger partial charge >= 0.3 is 0 Å². The smallest absolute Gasteiger partial charge is 0.273 e. The summed E-state index contributed by atoms with van der Waals surface area (Å²) in [6.07, 6.45) is 2.31. The molecular weight excluding hydrogens is 340 g/mol. The maximum atomic E-state index is 12.7. The van der Waals surface area contributed by atoms with Crippen molar-refractivity contribution in [3.63, 3.8) is 0 Å². The predicted molar refractivity (Wildman–Crippen MR) is 93.3 cm³/mol. The highest BCUT2D eigenvalue weighted by Gasteiger charge is 2.25. The Bertz CT molecular complexity index is 887. The largest absolute Gasteiger partial charge is 0.497 e. The molecule has 0 unspecified atom stereocenters. The average Bonchev–Trinajstić information content (AvgIpc) is 3.30. The molecule has 3 heterocycles. The minimum atomic E-state index is -0.0779. The second-order valence-electron chi connectivity index (χ2n) is 5.65. The highest BCUT2D eigenvalue weighted by molar-refractivity contribution is 7.14. The first-order chi connectivity index (χ1) is 12.2. The number of thiazole rings is 1. The fraction of sp³-hybridized carbons (Fsp3) is 0.235. The Hall–Kier alpha value is -2.87. The van der Waals surface area contributed by atoms with Gasteiger partial charge in [-0.25, -0.2) is 4.98 Å². The summed E-state index contributed by atoms with van der Waals surface area (Å²) in [5.74, 6) is 0.713. The summed E-state index contributed by atoms with van der Waals surface area (Å²) >= 11 is 1.40. The monoisotopic (exact) mass is 356 g/mol. The lowest BCUT2D eigenvalue weighted by Gasteiger charge is -2.24. The first kappa shape index (κ1) is 15.6. The lowest BCUT2D eigenvalue weighted by atomic mass is 10.1. The van der Waals surface area contributed by atoms with Crippen LogP contribution >= 0.6 is 11.3 Å². The lowest BCUT2D eigenvalue weighted by Crippen LogP contribution is -2.35. The van der Waals surface area contributed by atoms with Crippen molar-refractivity contribution in [2.75, 3.05) is 19.0 Å². The Labute approximate surface area is 148 Å². The molecule has 0 radical (unpaired) electrons. The van der Waals surface area contributed by atoms with Gasteiger partial charge in [0.2, 0.25) is 0 Å². The van der Waals surface area contributed by atoms with Gasteiger partial charge in [0.25, 0.3) is 5.91 Å². The van der Waals surface area contributed by atoms with Crippen LogP contribution in [0, 0.1) is 0 Å². The Kier molecular flexibility index (Phi) is 4.10. The molecule has 0 bridgehead atoms. The van der Waals surface area contributed by atoms with E-state index in [0.717, 1.165) is 22.7 Å². The van der Waals surface area contributed by atoms with E-state index in [1.165, 1.54) is 11.3 Å². The van der Waals surface area contributed by atoms with Crippen LogP contribution in [0.25, 0.3) is 0 Å². The van der Waals surface area contributed by atoms with Gasteiger partial charge in [0.1, 0.15) is 17.7 Å². The molecule has 0 saturated carbocycles. The molecule has 1 N–H and O–H groups in total. The molecule has 4 rings (SSSR count). The van der Waals surface area contributed by atoms with Crippen molar-refractivity contribution in [1.82, 2.24) is 15.0 Å². The number of fused-ring (bicyclic) bond motifs is 1. The van der Waals surface area contributed by atoms with Crippen LogP contribution < -0.4 is 10.1 Å². The summed E-state index contributed by atoms with van der Waals surface area (Å²) < 4.78 is 10.1. The molecule has 1 aliphatic heterocycles. The van der Waals surface area contributed by atoms with Crippen LogP contribution in [0.5, 0.6) is 5.75 Å². The number of benzene rings is 1. The number of nitrogens with zero attached hydrogens (tertiary/aromatic N) is 3. The van der Waals surface area contributed by atoms with Crippen molar-refractivity contribution >= 4 is 28.1 Å². The van der Waals surface area contributed by atoms with Gasteiger partial charge in [0.05, 0.1) is 19.3 Å². The molecule has 8 heteroatoms. The summed E-state index contributed by atoms with van der Waals surface area (Å²) in [6, 6.07) is 7.54. The fourth-order valence-electron chi connectivity index (χ4n) is 2.70. The van der Waals surface area contributed by atoms with Gasteiger partial charge in [0, 0.05) is 29.6 Å². The van der Waals surface area contributed by atoms with Crippen LogP contribution in [0.1, 0.15) is 21.7 Å². The quantitative estimate of drug-likeness (QED) is 0.774. The molecule has 0 saturated heterocycles. The van der Waals surface area contributed by atoms with E-state index in [1.807, 2.05) is 24.3 Å². The topological polar surface area (TPSA) is 80.5 Å². The zero-order valence-electron chi connectivity index (χ0n) is 13.6. The number of methoxy groups -OCH3 is 1. The summed E-state index contributed by atoms with van der Waals surface area (Å²) in [6.45, 7) is 1.13. The highest BCUT2D eigenvalue weighted by atomic mass is 32.1. The van der Waals surface area contributed by atoms with E-state index >= 15 is 0 Å². The number of rotatable bonds is 4. The minimum absolute atomic E-state index is 0.0779. The van der Waals surface area contributed by atoms with Gasteiger partial charge in [-0.2, -0.15) is 0 Å². The number of anilines is 2. The number of hydrogen-bond acceptors (Lipinski definition) is 7. The normalized spacial score (nSPS) is 13.4. The third kappa shape index (κ3) is 3.20. The number of carbonyl (C=O) groups excluding carboxylic acids is 1. The number of carbonyl (C=O) groups is 1. The fourth-order valence-corrected chi connectivity index (χ4v) is 3.41. The summed E-state index contributed by atoms with van der Waals surface area (Å²) in [5, 5.41) is 9.59. The maximum Gasteiger partial charge on any atom is 0.273 e. The summed E-state index contributed by atoms with van der Waals surface area (Å²) in [4.78, 5) is 18.8. The molecule has 1 aromatic carbocycles. The lowest BCUT2D eigenvalue weighted by molar-refractivity contribution is 0.0729. The van der Waals surface area contributed by atoms with Crippen LogP contribution in [0.3, 0.4) is 0 Å². The number of aromatic nitrogens is 2. The maximum absolute atomic E-state index is 12.7. The molecule has 1 amide bonds. The molecule has 0 spiro atoms. The van der Waals surface area contributed by atoms with Crippen molar-refractivity contribution in [1.29, 1.82) is 0 Å². The minimum Gasteiger partial charge on any atom is -0.497 e. The van der Waals surface area contributed by atoms with Gasteiger partial charge in [-0.3, -0.25) is 4.79 Å². The molecule has 0 fully saturated rings. The van der Waals surface area contributed by atoms with Crippen molar-refractivity contribution in [3.05, 3.63) is 52.9 Å². The van der Waals surface area contributed by atoms with Crippen molar-refractivity contribution in [2.24, 2.45) is 0 Å². The highest BCUT2D eigenvalue weighted by Crippen LogP contribution is 2.25. The molecule has 0 atom stereocenters. The second kappa shape index (κ2) is 6.56. The molecule has 7 nitrogen and oxygen atoms in total. The van der Waals surface area contributed by atoms with E-state index < -0.39 is 0 Å². The molecule has 0 aliphatic carbocycles. The Morgan fingerprint density at radius 3 is 3.00 bits per heavy atom. The molecule has 128 valence electrons. The number of hydrogen-bond donors (Lipinski definition) is 1. The zero-order valence-corrected chi connectivity index (χ0v) is 14.4. The van der Waals surface area contributed by atoms with E-state index in [4.69, 9.17) is 9.26 Å². The first-order valence-electron chi connectivity index (χ1n) is 7.81. The molecular formula is C17H16N4O3S. The standard InChI is InChI=1S/C17H16N4O3S/c1-23-13-4-2-12(3-5-13)18-17-19-15(10-25-17)16(22)21-7-6-14-11(8-21)9-24-20-14/h2-5,9-10H,6-8H2,1H3,(H,18,19). The van der Waals surface area contributed by atoms with E-state index in [9.17, 15) is 4.79 Å². The average molecular weight is 356 g/mol. The Balaban J connectivity index is 1.44. The van der Waals surface area contributed by atoms with E-state index in [-0.39, 0.29) is 5.91 Å². The van der Waals surface area contributed by atoms with Crippen LogP contribution in [-0.2, 0) is 13.0 Å². The number of nitrogens with one attached hydrogen (secondary N) is 1. The number of ether oxygens (including phenoxy) is 1. The van der Waals surface area contributed by atoms with Gasteiger partial charge in [0.15, 0.2) is 5.13 Å². The summed E-state index contributed by atoms with van der Waals surface area (Å²) in [7, 11) is 1.63. The van der Waals surface area contributed by atoms with Gasteiger partial charge in [-0.05, 0) is 24.3 Å². The van der Waals surface area contributed by atoms with Crippen molar-refractivity contribution in [2.45, 2.75) is 13.0 Å². The Morgan fingerprint density at radius 2 is 2.20 bits per heavy atom. The van der Waals surface area contributed by atoms with Crippen LogP contribution in [0.2, 0.25) is 0 Å². The van der Waals surface area contributed by atoms with E-state index in [1.54, 1.807) is 23.7 Å².